The minimum absolute atomic E-state index is 0.0576. The van der Waals surface area contributed by atoms with Crippen molar-refractivity contribution in [2.75, 3.05) is 31.6 Å². The summed E-state index contributed by atoms with van der Waals surface area (Å²) in [4.78, 5) is 12.3. The summed E-state index contributed by atoms with van der Waals surface area (Å²) in [6, 6.07) is 4.32. The number of ether oxygens (including phenoxy) is 1. The van der Waals surface area contributed by atoms with E-state index < -0.39 is 19.8 Å². The highest BCUT2D eigenvalue weighted by molar-refractivity contribution is 7.89. The van der Waals surface area contributed by atoms with Crippen molar-refractivity contribution in [2.24, 2.45) is 5.41 Å². The van der Waals surface area contributed by atoms with Crippen molar-refractivity contribution in [3.63, 3.8) is 0 Å². The first-order chi connectivity index (χ1) is 11.6. The molecule has 1 heterocycles. The molecule has 1 aliphatic carbocycles. The zero-order chi connectivity index (χ0) is 18.5. The molecule has 0 unspecified atom stereocenters. The molecule has 1 aromatic rings. The number of hydrogen-bond acceptors (Lipinski definition) is 4. The quantitative estimate of drug-likeness (QED) is 0.750. The topological polar surface area (TPSA) is 75.7 Å². The van der Waals surface area contributed by atoms with Crippen molar-refractivity contribution < 1.29 is 17.9 Å². The number of alkyl halides is 2. The first kappa shape index (κ1) is 19.2. The highest BCUT2D eigenvalue weighted by atomic mass is 35.5. The fourth-order valence-electron chi connectivity index (χ4n) is 2.62. The minimum Gasteiger partial charge on any atom is -0.379 e. The third kappa shape index (κ3) is 3.50. The van der Waals surface area contributed by atoms with Crippen LogP contribution in [0.2, 0.25) is 5.02 Å². The third-order valence-electron chi connectivity index (χ3n) is 4.54. The number of rotatable bonds is 4. The number of morpholine rings is 1. The molecule has 1 N–H and O–H groups in total. The van der Waals surface area contributed by atoms with Crippen LogP contribution in [0, 0.1) is 5.41 Å². The Labute approximate surface area is 161 Å². The largest absolute Gasteiger partial charge is 0.379 e. The van der Waals surface area contributed by atoms with Crippen molar-refractivity contribution in [1.82, 2.24) is 4.31 Å². The average molecular weight is 428 g/mol. The standard InChI is InChI=1S/C15H17Cl3N2O4S/c1-14(9-15(14,17)18)13(21)19-10-2-3-11(16)12(8-10)25(22,23)20-4-6-24-7-5-20/h2-3,8H,4-7,9H2,1H3,(H,19,21)/t14-/m0/s1. The van der Waals surface area contributed by atoms with Crippen molar-refractivity contribution >= 4 is 56.4 Å². The third-order valence-corrected chi connectivity index (χ3v) is 8.02. The van der Waals surface area contributed by atoms with Crippen LogP contribution in [0.3, 0.4) is 0 Å². The molecular formula is C15H17Cl3N2O4S. The first-order valence-electron chi connectivity index (χ1n) is 7.65. The lowest BCUT2D eigenvalue weighted by molar-refractivity contribution is -0.120. The summed E-state index contributed by atoms with van der Waals surface area (Å²) in [5, 5.41) is 2.76. The van der Waals surface area contributed by atoms with E-state index in [1.807, 2.05) is 0 Å². The normalized spacial score (nSPS) is 26.2. The van der Waals surface area contributed by atoms with E-state index in [-0.39, 0.29) is 28.9 Å². The molecule has 1 amide bonds. The van der Waals surface area contributed by atoms with Gasteiger partial charge in [0.2, 0.25) is 15.9 Å². The second-order valence-corrected chi connectivity index (χ2v) is 10.1. The highest BCUT2D eigenvalue weighted by Gasteiger charge is 2.67. The number of hydrogen-bond donors (Lipinski definition) is 1. The minimum atomic E-state index is -3.78. The number of benzene rings is 1. The molecule has 2 fully saturated rings. The van der Waals surface area contributed by atoms with E-state index in [1.165, 1.54) is 22.5 Å². The molecule has 1 atom stereocenters. The zero-order valence-corrected chi connectivity index (χ0v) is 16.5. The lowest BCUT2D eigenvalue weighted by atomic mass is 10.1. The molecular weight excluding hydrogens is 411 g/mol. The van der Waals surface area contributed by atoms with Crippen LogP contribution in [0.15, 0.2) is 23.1 Å². The number of amides is 1. The molecule has 10 heteroatoms. The van der Waals surface area contributed by atoms with Gasteiger partial charge >= 0.3 is 0 Å². The fourth-order valence-corrected chi connectivity index (χ4v) is 5.23. The number of carbonyl (C=O) groups excluding carboxylic acids is 1. The predicted octanol–water partition coefficient (Wildman–Crippen LogP) is 2.88. The van der Waals surface area contributed by atoms with E-state index in [9.17, 15) is 13.2 Å². The van der Waals surface area contributed by atoms with E-state index in [1.54, 1.807) is 6.92 Å². The van der Waals surface area contributed by atoms with Crippen LogP contribution < -0.4 is 5.32 Å². The van der Waals surface area contributed by atoms with Gasteiger partial charge in [0.1, 0.15) is 9.23 Å². The second kappa shape index (κ2) is 6.55. The van der Waals surface area contributed by atoms with Crippen molar-refractivity contribution in [3.05, 3.63) is 23.2 Å². The van der Waals surface area contributed by atoms with Crippen LogP contribution in [-0.2, 0) is 19.6 Å². The summed E-state index contributed by atoms with van der Waals surface area (Å²) in [5.74, 6) is -0.366. The van der Waals surface area contributed by atoms with Crippen LogP contribution >= 0.6 is 34.8 Å². The maximum atomic E-state index is 12.8. The van der Waals surface area contributed by atoms with Crippen LogP contribution in [0.25, 0.3) is 0 Å². The van der Waals surface area contributed by atoms with Crippen LogP contribution in [-0.4, -0.2) is 49.3 Å². The van der Waals surface area contributed by atoms with Crippen molar-refractivity contribution in [2.45, 2.75) is 22.6 Å². The van der Waals surface area contributed by atoms with Gasteiger partial charge in [0.05, 0.1) is 23.7 Å². The summed E-state index contributed by atoms with van der Waals surface area (Å²) < 4.78 is 31.0. The Morgan fingerprint density at radius 2 is 1.88 bits per heavy atom. The SMILES string of the molecule is C[C@@]1(C(=O)Nc2ccc(Cl)c(S(=O)(=O)N3CCOCC3)c2)CC1(Cl)Cl. The number of halogens is 3. The summed E-state index contributed by atoms with van der Waals surface area (Å²) in [6.45, 7) is 2.84. The van der Waals surface area contributed by atoms with Gasteiger partial charge in [-0.25, -0.2) is 8.42 Å². The van der Waals surface area contributed by atoms with E-state index in [0.717, 1.165) is 0 Å². The van der Waals surface area contributed by atoms with E-state index in [2.05, 4.69) is 5.32 Å². The van der Waals surface area contributed by atoms with Gasteiger partial charge in [-0.15, -0.1) is 23.2 Å². The zero-order valence-electron chi connectivity index (χ0n) is 13.4. The molecule has 0 spiro atoms. The number of sulfonamides is 1. The maximum absolute atomic E-state index is 12.8. The lowest BCUT2D eigenvalue weighted by Gasteiger charge is -2.26. The summed E-state index contributed by atoms with van der Waals surface area (Å²) in [6.07, 6.45) is 0.335. The number of anilines is 1. The molecule has 0 aromatic heterocycles. The molecule has 25 heavy (non-hydrogen) atoms. The summed E-state index contributed by atoms with van der Waals surface area (Å²) in [7, 11) is -3.78. The molecule has 3 rings (SSSR count). The van der Waals surface area contributed by atoms with Gasteiger partial charge in [-0.2, -0.15) is 4.31 Å². The number of carbonyl (C=O) groups is 1. The molecule has 2 aliphatic rings. The molecule has 138 valence electrons. The average Bonchev–Trinajstić information content (AvgIpc) is 3.09. The van der Waals surface area contributed by atoms with Crippen LogP contribution in [0.5, 0.6) is 0 Å². The van der Waals surface area contributed by atoms with Crippen molar-refractivity contribution in [1.29, 1.82) is 0 Å². The van der Waals surface area contributed by atoms with Gasteiger partial charge in [-0.1, -0.05) is 11.6 Å². The van der Waals surface area contributed by atoms with Gasteiger partial charge in [0, 0.05) is 18.8 Å². The number of nitrogens with zero attached hydrogens (tertiary/aromatic N) is 1. The highest BCUT2D eigenvalue weighted by Crippen LogP contribution is 2.64. The molecule has 1 saturated carbocycles. The van der Waals surface area contributed by atoms with Gasteiger partial charge in [0.25, 0.3) is 0 Å². The van der Waals surface area contributed by atoms with E-state index in [4.69, 9.17) is 39.5 Å². The van der Waals surface area contributed by atoms with Crippen LogP contribution in [0.1, 0.15) is 13.3 Å². The fraction of sp³-hybridized carbons (Fsp3) is 0.533. The Morgan fingerprint density at radius 1 is 1.28 bits per heavy atom. The van der Waals surface area contributed by atoms with Crippen molar-refractivity contribution in [3.8, 4) is 0 Å². The van der Waals surface area contributed by atoms with Gasteiger partial charge in [-0.3, -0.25) is 4.79 Å². The molecule has 6 nitrogen and oxygen atoms in total. The maximum Gasteiger partial charge on any atom is 0.244 e. The first-order valence-corrected chi connectivity index (χ1v) is 10.2. The Bertz CT molecular complexity index is 809. The second-order valence-electron chi connectivity index (χ2n) is 6.33. The summed E-state index contributed by atoms with van der Waals surface area (Å²) >= 11 is 18.1. The molecule has 1 saturated heterocycles. The van der Waals surface area contributed by atoms with Gasteiger partial charge < -0.3 is 10.1 Å². The van der Waals surface area contributed by atoms with E-state index >= 15 is 0 Å². The Morgan fingerprint density at radius 3 is 2.44 bits per heavy atom. The summed E-state index contributed by atoms with van der Waals surface area (Å²) in [5.41, 5.74) is -0.586. The Kier molecular flexibility index (Phi) is 5.03. The Balaban J connectivity index is 1.85. The number of nitrogens with one attached hydrogen (secondary N) is 1. The molecule has 0 bridgehead atoms. The molecule has 1 aromatic carbocycles. The van der Waals surface area contributed by atoms with E-state index in [0.29, 0.717) is 25.3 Å². The molecule has 0 radical (unpaired) electrons. The Hall–Kier alpha value is -0.570. The monoisotopic (exact) mass is 426 g/mol. The van der Waals surface area contributed by atoms with Crippen LogP contribution in [0.4, 0.5) is 5.69 Å². The predicted molar refractivity (Wildman–Crippen MR) is 96.8 cm³/mol. The lowest BCUT2D eigenvalue weighted by Crippen LogP contribution is -2.40. The smallest absolute Gasteiger partial charge is 0.244 e. The van der Waals surface area contributed by atoms with Gasteiger partial charge in [0.15, 0.2) is 0 Å². The van der Waals surface area contributed by atoms with Gasteiger partial charge in [-0.05, 0) is 31.5 Å². The molecule has 1 aliphatic heterocycles.